The Morgan fingerprint density at radius 2 is 1.93 bits per heavy atom. The lowest BCUT2D eigenvalue weighted by Gasteiger charge is -2.40. The van der Waals surface area contributed by atoms with Crippen LogP contribution in [0.15, 0.2) is 65.4 Å². The Labute approximate surface area is 184 Å². The number of nitrogens with zero attached hydrogens (tertiary/aromatic N) is 4. The zero-order valence-electron chi connectivity index (χ0n) is 17.0. The van der Waals surface area contributed by atoms with E-state index in [4.69, 9.17) is 4.74 Å². The predicted octanol–water partition coefficient (Wildman–Crippen LogP) is 4.69. The second kappa shape index (κ2) is 8.83. The van der Waals surface area contributed by atoms with Crippen molar-refractivity contribution in [1.29, 1.82) is 0 Å². The third-order valence-electron chi connectivity index (χ3n) is 5.16. The van der Waals surface area contributed by atoms with Gasteiger partial charge in [-0.3, -0.25) is 4.79 Å². The number of benzene rings is 2. The normalized spacial score (nSPS) is 16.4. The van der Waals surface area contributed by atoms with Gasteiger partial charge in [-0.15, -0.1) is 0 Å². The van der Waals surface area contributed by atoms with Gasteiger partial charge in [-0.25, -0.2) is 9.97 Å². The van der Waals surface area contributed by atoms with Gasteiger partial charge in [-0.1, -0.05) is 24.3 Å². The second-order valence-electron chi connectivity index (χ2n) is 7.41. The molecule has 6 nitrogen and oxygen atoms in total. The van der Waals surface area contributed by atoms with Gasteiger partial charge in [0.2, 0.25) is 5.88 Å². The minimum Gasteiger partial charge on any atom is -0.439 e. The highest BCUT2D eigenvalue weighted by Crippen LogP contribution is 2.26. The molecule has 1 aliphatic rings. The third kappa shape index (κ3) is 4.46. The van der Waals surface area contributed by atoms with Crippen molar-refractivity contribution < 1.29 is 9.53 Å². The number of rotatable bonds is 4. The average Bonchev–Trinajstić information content (AvgIpc) is 2.74. The van der Waals surface area contributed by atoms with Crippen LogP contribution in [0.3, 0.4) is 0 Å². The molecule has 7 heteroatoms. The molecule has 1 amide bonds. The molecular weight excluding hydrogens is 444 g/mol. The maximum Gasteiger partial charge on any atom is 0.255 e. The number of amides is 1. The summed E-state index contributed by atoms with van der Waals surface area (Å²) in [6.07, 6.45) is 1.52. The molecule has 2 heterocycles. The molecule has 4 rings (SSSR count). The average molecular weight is 467 g/mol. The monoisotopic (exact) mass is 466 g/mol. The first-order valence-electron chi connectivity index (χ1n) is 9.88. The highest BCUT2D eigenvalue weighted by Gasteiger charge is 2.29. The highest BCUT2D eigenvalue weighted by atomic mass is 79.9. The summed E-state index contributed by atoms with van der Waals surface area (Å²) in [6.45, 7) is 6.10. The number of hydrogen-bond acceptors (Lipinski definition) is 5. The van der Waals surface area contributed by atoms with Crippen molar-refractivity contribution in [3.8, 4) is 11.6 Å². The fourth-order valence-corrected chi connectivity index (χ4v) is 4.07. The van der Waals surface area contributed by atoms with E-state index in [0.29, 0.717) is 31.1 Å². The number of carbonyl (C=O) groups is 1. The summed E-state index contributed by atoms with van der Waals surface area (Å²) in [4.78, 5) is 25.7. The van der Waals surface area contributed by atoms with E-state index in [1.807, 2.05) is 66.4 Å². The zero-order valence-corrected chi connectivity index (χ0v) is 18.5. The van der Waals surface area contributed by atoms with Gasteiger partial charge in [0.25, 0.3) is 5.91 Å². The first-order chi connectivity index (χ1) is 14.5. The number of aryl methyl sites for hydroxylation is 1. The smallest absolute Gasteiger partial charge is 0.255 e. The predicted molar refractivity (Wildman–Crippen MR) is 120 cm³/mol. The molecule has 0 bridgehead atoms. The molecule has 30 heavy (non-hydrogen) atoms. The molecule has 0 spiro atoms. The standard InChI is InChI=1S/C23H23BrN4O2/c1-16-6-5-7-18(12-16)30-22-13-21(25-15-26-22)27-10-11-28(17(2)14-27)23(29)19-8-3-4-9-20(19)24/h3-9,12-13,15,17H,10-11,14H2,1-2H3. The van der Waals surface area contributed by atoms with Crippen LogP contribution in [0.2, 0.25) is 0 Å². The summed E-state index contributed by atoms with van der Waals surface area (Å²) in [6, 6.07) is 17.3. The van der Waals surface area contributed by atoms with E-state index in [0.717, 1.165) is 21.6 Å². The van der Waals surface area contributed by atoms with Crippen LogP contribution < -0.4 is 9.64 Å². The van der Waals surface area contributed by atoms with Crippen molar-refractivity contribution >= 4 is 27.7 Å². The number of aromatic nitrogens is 2. The first-order valence-corrected chi connectivity index (χ1v) is 10.7. The van der Waals surface area contributed by atoms with Gasteiger partial charge in [0.1, 0.15) is 17.9 Å². The first kappa shape index (κ1) is 20.3. The van der Waals surface area contributed by atoms with E-state index in [1.165, 1.54) is 6.33 Å². The molecule has 1 atom stereocenters. The van der Waals surface area contributed by atoms with E-state index < -0.39 is 0 Å². The summed E-state index contributed by atoms with van der Waals surface area (Å²) < 4.78 is 6.72. The Morgan fingerprint density at radius 3 is 2.70 bits per heavy atom. The molecule has 2 aromatic carbocycles. The van der Waals surface area contributed by atoms with E-state index >= 15 is 0 Å². The Kier molecular flexibility index (Phi) is 5.99. The lowest BCUT2D eigenvalue weighted by molar-refractivity contribution is 0.0672. The molecule has 1 saturated heterocycles. The van der Waals surface area contributed by atoms with Gasteiger partial charge in [-0.05, 0) is 59.6 Å². The minimum atomic E-state index is 0.0424. The topological polar surface area (TPSA) is 58.6 Å². The molecule has 3 aromatic rings. The van der Waals surface area contributed by atoms with Crippen LogP contribution >= 0.6 is 15.9 Å². The maximum absolute atomic E-state index is 13.0. The van der Waals surface area contributed by atoms with Gasteiger partial charge in [-0.2, -0.15) is 0 Å². The molecule has 0 N–H and O–H groups in total. The number of ether oxygens (including phenoxy) is 1. The van der Waals surface area contributed by atoms with Gasteiger partial charge < -0.3 is 14.5 Å². The van der Waals surface area contributed by atoms with E-state index in [2.05, 4.69) is 37.7 Å². The maximum atomic E-state index is 13.0. The molecular formula is C23H23BrN4O2. The summed E-state index contributed by atoms with van der Waals surface area (Å²) in [5, 5.41) is 0. The van der Waals surface area contributed by atoms with Crippen LogP contribution in [0.25, 0.3) is 0 Å². The van der Waals surface area contributed by atoms with Gasteiger partial charge in [0.05, 0.1) is 5.56 Å². The van der Waals surface area contributed by atoms with Crippen LogP contribution in [-0.2, 0) is 0 Å². The Bertz CT molecular complexity index is 1060. The zero-order chi connectivity index (χ0) is 21.1. The third-order valence-corrected chi connectivity index (χ3v) is 5.85. The molecule has 0 aliphatic carbocycles. The van der Waals surface area contributed by atoms with Crippen LogP contribution in [0.4, 0.5) is 5.82 Å². The minimum absolute atomic E-state index is 0.0424. The number of piperazine rings is 1. The molecule has 1 unspecified atom stereocenters. The molecule has 1 fully saturated rings. The number of carbonyl (C=O) groups excluding carboxylic acids is 1. The summed E-state index contributed by atoms with van der Waals surface area (Å²) in [5.41, 5.74) is 1.81. The molecule has 0 saturated carbocycles. The van der Waals surface area contributed by atoms with Crippen molar-refractivity contribution in [2.75, 3.05) is 24.5 Å². The molecule has 0 radical (unpaired) electrons. The van der Waals surface area contributed by atoms with Gasteiger partial charge >= 0.3 is 0 Å². The fraction of sp³-hybridized carbons (Fsp3) is 0.261. The SMILES string of the molecule is Cc1cccc(Oc2cc(N3CCN(C(=O)c4ccccc4Br)C(C)C3)ncn2)c1. The Balaban J connectivity index is 1.45. The molecule has 154 valence electrons. The largest absolute Gasteiger partial charge is 0.439 e. The fourth-order valence-electron chi connectivity index (χ4n) is 3.62. The van der Waals surface area contributed by atoms with Gasteiger partial charge in [0, 0.05) is 36.2 Å². The van der Waals surface area contributed by atoms with Crippen LogP contribution in [0, 0.1) is 6.92 Å². The second-order valence-corrected chi connectivity index (χ2v) is 8.26. The lowest BCUT2D eigenvalue weighted by Crippen LogP contribution is -2.54. The van der Waals surface area contributed by atoms with Crippen molar-refractivity contribution in [3.05, 3.63) is 76.5 Å². The summed E-state index contributed by atoms with van der Waals surface area (Å²) >= 11 is 3.48. The van der Waals surface area contributed by atoms with Crippen molar-refractivity contribution in [2.24, 2.45) is 0 Å². The van der Waals surface area contributed by atoms with E-state index in [1.54, 1.807) is 0 Å². The Morgan fingerprint density at radius 1 is 1.10 bits per heavy atom. The van der Waals surface area contributed by atoms with Crippen molar-refractivity contribution in [2.45, 2.75) is 19.9 Å². The van der Waals surface area contributed by atoms with Crippen molar-refractivity contribution in [1.82, 2.24) is 14.9 Å². The van der Waals surface area contributed by atoms with Gasteiger partial charge in [0.15, 0.2) is 0 Å². The van der Waals surface area contributed by atoms with Crippen LogP contribution in [-0.4, -0.2) is 46.5 Å². The Hall–Kier alpha value is -2.93. The van der Waals surface area contributed by atoms with E-state index in [9.17, 15) is 4.79 Å². The lowest BCUT2D eigenvalue weighted by atomic mass is 10.1. The van der Waals surface area contributed by atoms with E-state index in [-0.39, 0.29) is 11.9 Å². The van der Waals surface area contributed by atoms with Crippen molar-refractivity contribution in [3.63, 3.8) is 0 Å². The van der Waals surface area contributed by atoms with Crippen LogP contribution in [0.5, 0.6) is 11.6 Å². The number of hydrogen-bond donors (Lipinski definition) is 0. The summed E-state index contributed by atoms with van der Waals surface area (Å²) in [5.74, 6) is 2.09. The highest BCUT2D eigenvalue weighted by molar-refractivity contribution is 9.10. The van der Waals surface area contributed by atoms with Crippen LogP contribution in [0.1, 0.15) is 22.8 Å². The number of anilines is 1. The quantitative estimate of drug-likeness (QED) is 0.557. The summed E-state index contributed by atoms with van der Waals surface area (Å²) in [7, 11) is 0. The molecule has 1 aromatic heterocycles. The number of halogens is 1. The molecule has 1 aliphatic heterocycles.